The van der Waals surface area contributed by atoms with Gasteiger partial charge in [-0.1, -0.05) is 24.3 Å². The second kappa shape index (κ2) is 6.34. The van der Waals surface area contributed by atoms with Gasteiger partial charge in [-0.05, 0) is 36.8 Å². The first-order valence-electron chi connectivity index (χ1n) is 8.20. The lowest BCUT2D eigenvalue weighted by molar-refractivity contribution is 0.305. The Morgan fingerprint density at radius 1 is 1.20 bits per heavy atom. The van der Waals surface area contributed by atoms with Crippen LogP contribution in [0.1, 0.15) is 30.7 Å². The number of nitrogens with zero attached hydrogens (tertiary/aromatic N) is 3. The monoisotopic (exact) mass is 330 g/mol. The normalized spacial score (nSPS) is 24.2. The smallest absolute Gasteiger partial charge is 0.191 e. The van der Waals surface area contributed by atoms with E-state index < -0.39 is 11.3 Å². The maximum Gasteiger partial charge on any atom is 0.191 e. The van der Waals surface area contributed by atoms with E-state index in [0.717, 1.165) is 30.4 Å². The molecule has 3 rings (SSSR count). The van der Waals surface area contributed by atoms with Gasteiger partial charge in [0.25, 0.3) is 0 Å². The van der Waals surface area contributed by atoms with Crippen LogP contribution < -0.4 is 10.5 Å². The van der Waals surface area contributed by atoms with Crippen LogP contribution in [0.15, 0.2) is 47.2 Å². The lowest BCUT2D eigenvalue weighted by atomic mass is 9.56. The number of methoxy groups -OCH3 is 1. The molecule has 2 aliphatic carbocycles. The van der Waals surface area contributed by atoms with Gasteiger partial charge in [0, 0.05) is 11.5 Å². The van der Waals surface area contributed by atoms with Gasteiger partial charge in [0.05, 0.1) is 30.5 Å². The van der Waals surface area contributed by atoms with E-state index in [4.69, 9.17) is 10.5 Å². The van der Waals surface area contributed by atoms with E-state index in [2.05, 4.69) is 18.2 Å². The summed E-state index contributed by atoms with van der Waals surface area (Å²) < 4.78 is 5.49. The SMILES string of the molecule is COc1ccccc1[C@H]1[C@H]2CCCC=C2C(C#N)=C(N)C1(C#N)C#N. The molecule has 124 valence electrons. The molecule has 1 aromatic rings. The third-order valence-corrected chi connectivity index (χ3v) is 5.27. The van der Waals surface area contributed by atoms with Crippen LogP contribution in [0, 0.1) is 45.3 Å². The minimum atomic E-state index is -1.58. The fourth-order valence-electron chi connectivity index (χ4n) is 4.14. The van der Waals surface area contributed by atoms with Gasteiger partial charge in [0.2, 0.25) is 0 Å². The Bertz CT molecular complexity index is 877. The first kappa shape index (κ1) is 16.6. The summed E-state index contributed by atoms with van der Waals surface area (Å²) in [5.41, 5.74) is 6.66. The molecule has 0 unspecified atom stereocenters. The third-order valence-electron chi connectivity index (χ3n) is 5.27. The zero-order valence-corrected chi connectivity index (χ0v) is 14.0. The standard InChI is InChI=1S/C20H18N4O/c1-25-17-9-5-4-8-15(17)18-14-7-3-2-6-13(14)16(10-21)19(24)20(18,11-22)12-23/h4-6,8-9,14,18H,2-3,7,24H2,1H3/t14-,18+/m0/s1. The number of hydrogen-bond acceptors (Lipinski definition) is 5. The molecule has 0 bridgehead atoms. The molecule has 0 heterocycles. The Kier molecular flexibility index (Phi) is 4.22. The second-order valence-electron chi connectivity index (χ2n) is 6.35. The molecular formula is C20H18N4O. The Morgan fingerprint density at radius 2 is 1.92 bits per heavy atom. The molecule has 2 N–H and O–H groups in total. The van der Waals surface area contributed by atoms with Crippen molar-refractivity contribution in [2.75, 3.05) is 7.11 Å². The lowest BCUT2D eigenvalue weighted by Gasteiger charge is -2.43. The Balaban J connectivity index is 2.36. The zero-order valence-electron chi connectivity index (χ0n) is 14.0. The van der Waals surface area contributed by atoms with Gasteiger partial charge in [-0.3, -0.25) is 0 Å². The van der Waals surface area contributed by atoms with E-state index in [1.807, 2.05) is 30.3 Å². The molecular weight excluding hydrogens is 312 g/mol. The second-order valence-corrected chi connectivity index (χ2v) is 6.35. The summed E-state index contributed by atoms with van der Waals surface area (Å²) in [6, 6.07) is 13.8. The van der Waals surface area contributed by atoms with Crippen LogP contribution in [0.3, 0.4) is 0 Å². The lowest BCUT2D eigenvalue weighted by Crippen LogP contribution is -2.42. The van der Waals surface area contributed by atoms with E-state index in [1.54, 1.807) is 7.11 Å². The number of nitrogens with two attached hydrogens (primary N) is 1. The molecule has 0 aromatic heterocycles. The zero-order chi connectivity index (χ0) is 18.0. The van der Waals surface area contributed by atoms with Crippen LogP contribution in [0.4, 0.5) is 0 Å². The minimum absolute atomic E-state index is 0.0558. The first-order chi connectivity index (χ1) is 12.1. The minimum Gasteiger partial charge on any atom is -0.496 e. The number of rotatable bonds is 2. The molecule has 5 nitrogen and oxygen atoms in total. The van der Waals surface area contributed by atoms with Crippen molar-refractivity contribution >= 4 is 0 Å². The van der Waals surface area contributed by atoms with Crippen molar-refractivity contribution in [1.82, 2.24) is 0 Å². The largest absolute Gasteiger partial charge is 0.496 e. The van der Waals surface area contributed by atoms with Crippen molar-refractivity contribution in [3.8, 4) is 24.0 Å². The average Bonchev–Trinajstić information content (AvgIpc) is 2.67. The van der Waals surface area contributed by atoms with Gasteiger partial charge in [0.1, 0.15) is 11.8 Å². The number of nitriles is 3. The van der Waals surface area contributed by atoms with Gasteiger partial charge in [-0.25, -0.2) is 0 Å². The topological polar surface area (TPSA) is 107 Å². The number of fused-ring (bicyclic) bond motifs is 1. The number of benzene rings is 1. The predicted molar refractivity (Wildman–Crippen MR) is 91.6 cm³/mol. The number of para-hydroxylation sites is 1. The number of ether oxygens (including phenoxy) is 1. The predicted octanol–water partition coefficient (Wildman–Crippen LogP) is 3.29. The summed E-state index contributed by atoms with van der Waals surface area (Å²) >= 11 is 0. The van der Waals surface area contributed by atoms with Crippen LogP contribution in [0.25, 0.3) is 0 Å². The van der Waals surface area contributed by atoms with Gasteiger partial charge in [-0.15, -0.1) is 0 Å². The van der Waals surface area contributed by atoms with Crippen LogP contribution in [-0.2, 0) is 0 Å². The van der Waals surface area contributed by atoms with Crippen molar-refractivity contribution in [3.63, 3.8) is 0 Å². The molecule has 0 amide bonds. The molecule has 2 atom stereocenters. The van der Waals surface area contributed by atoms with Gasteiger partial charge in [-0.2, -0.15) is 15.8 Å². The quantitative estimate of drug-likeness (QED) is 0.895. The van der Waals surface area contributed by atoms with Crippen LogP contribution >= 0.6 is 0 Å². The highest BCUT2D eigenvalue weighted by Gasteiger charge is 2.54. The summed E-state index contributed by atoms with van der Waals surface area (Å²) in [7, 11) is 1.57. The molecule has 0 aliphatic heterocycles. The molecule has 0 radical (unpaired) electrons. The summed E-state index contributed by atoms with van der Waals surface area (Å²) in [6.45, 7) is 0. The maximum absolute atomic E-state index is 9.95. The van der Waals surface area contributed by atoms with Gasteiger partial charge < -0.3 is 10.5 Å². The van der Waals surface area contributed by atoms with Crippen molar-refractivity contribution in [2.24, 2.45) is 17.1 Å². The molecule has 0 saturated carbocycles. The van der Waals surface area contributed by atoms with E-state index in [-0.39, 0.29) is 11.6 Å². The number of hydrogen-bond donors (Lipinski definition) is 1. The van der Waals surface area contributed by atoms with E-state index in [0.29, 0.717) is 11.3 Å². The summed E-state index contributed by atoms with van der Waals surface area (Å²) in [5.74, 6) is 0.0501. The van der Waals surface area contributed by atoms with Crippen molar-refractivity contribution in [3.05, 3.63) is 52.7 Å². The summed E-state index contributed by atoms with van der Waals surface area (Å²) in [6.07, 6.45) is 4.65. The Labute approximate surface area is 147 Å². The summed E-state index contributed by atoms with van der Waals surface area (Å²) in [4.78, 5) is 0. The third kappa shape index (κ3) is 2.27. The molecule has 0 spiro atoms. The molecule has 1 aromatic carbocycles. The average molecular weight is 330 g/mol. The number of allylic oxidation sites excluding steroid dienone is 4. The molecule has 0 saturated heterocycles. The van der Waals surface area contributed by atoms with E-state index >= 15 is 0 Å². The highest BCUT2D eigenvalue weighted by atomic mass is 16.5. The molecule has 0 fully saturated rings. The maximum atomic E-state index is 9.95. The molecule has 25 heavy (non-hydrogen) atoms. The Hall–Kier alpha value is -3.23. The molecule has 2 aliphatic rings. The fourth-order valence-corrected chi connectivity index (χ4v) is 4.14. The Morgan fingerprint density at radius 3 is 2.56 bits per heavy atom. The first-order valence-corrected chi connectivity index (χ1v) is 8.20. The molecule has 5 heteroatoms. The highest BCUT2D eigenvalue weighted by Crippen LogP contribution is 2.57. The van der Waals surface area contributed by atoms with Crippen LogP contribution in [-0.4, -0.2) is 7.11 Å². The van der Waals surface area contributed by atoms with Crippen LogP contribution in [0.5, 0.6) is 5.75 Å². The van der Waals surface area contributed by atoms with E-state index in [1.165, 1.54) is 0 Å². The summed E-state index contributed by atoms with van der Waals surface area (Å²) in [5, 5.41) is 29.5. The van der Waals surface area contributed by atoms with Gasteiger partial charge in [0.15, 0.2) is 5.41 Å². The van der Waals surface area contributed by atoms with Gasteiger partial charge >= 0.3 is 0 Å². The highest BCUT2D eigenvalue weighted by molar-refractivity contribution is 5.60. The van der Waals surface area contributed by atoms with Crippen molar-refractivity contribution < 1.29 is 4.74 Å². The van der Waals surface area contributed by atoms with E-state index in [9.17, 15) is 15.8 Å². The van der Waals surface area contributed by atoms with Crippen molar-refractivity contribution in [2.45, 2.75) is 25.2 Å². The van der Waals surface area contributed by atoms with Crippen LogP contribution in [0.2, 0.25) is 0 Å². The fraction of sp³-hybridized carbons (Fsp3) is 0.350. The van der Waals surface area contributed by atoms with Crippen molar-refractivity contribution in [1.29, 1.82) is 15.8 Å².